The van der Waals surface area contributed by atoms with E-state index in [0.717, 1.165) is 19.4 Å². The SMILES string of the molecule is CN(C)[C@@H]1CCN(C(=O)c2cccnc2)[C@H]1Cc1ccncc1.O=C(O)C(F)(F)F.O=C(O)C(F)(F)F.O=C(O)C(F)(F)F. The van der Waals surface area contributed by atoms with Gasteiger partial charge in [0.15, 0.2) is 0 Å². The van der Waals surface area contributed by atoms with Crippen molar-refractivity contribution in [1.29, 1.82) is 0 Å². The molecule has 0 radical (unpaired) electrons. The molecule has 0 spiro atoms. The highest BCUT2D eigenvalue weighted by Crippen LogP contribution is 2.26. The quantitative estimate of drug-likeness (QED) is 0.415. The third-order valence-corrected chi connectivity index (χ3v) is 5.26. The zero-order valence-corrected chi connectivity index (χ0v) is 22.6. The molecule has 0 saturated carbocycles. The summed E-state index contributed by atoms with van der Waals surface area (Å²) in [6.45, 7) is 0.784. The molecular formula is C24H25F9N4O7. The summed E-state index contributed by atoms with van der Waals surface area (Å²) in [5.41, 5.74) is 1.87. The Hall–Kier alpha value is -4.49. The number of nitrogens with zero attached hydrogens (tertiary/aromatic N) is 4. The largest absolute Gasteiger partial charge is 0.490 e. The molecule has 0 aliphatic carbocycles. The highest BCUT2D eigenvalue weighted by molar-refractivity contribution is 5.94. The molecule has 1 saturated heterocycles. The lowest BCUT2D eigenvalue weighted by Crippen LogP contribution is -2.45. The van der Waals surface area contributed by atoms with Crippen molar-refractivity contribution in [2.24, 2.45) is 0 Å². The third-order valence-electron chi connectivity index (χ3n) is 5.26. The van der Waals surface area contributed by atoms with Gasteiger partial charge in [-0.2, -0.15) is 39.5 Å². The Labute approximate surface area is 242 Å². The summed E-state index contributed by atoms with van der Waals surface area (Å²) >= 11 is 0. The number of amides is 1. The van der Waals surface area contributed by atoms with Crippen LogP contribution in [0.15, 0.2) is 49.1 Å². The summed E-state index contributed by atoms with van der Waals surface area (Å²) < 4.78 is 95.2. The van der Waals surface area contributed by atoms with Gasteiger partial charge in [-0.25, -0.2) is 14.4 Å². The molecule has 1 aliphatic heterocycles. The topological polar surface area (TPSA) is 161 Å². The average Bonchev–Trinajstić information content (AvgIpc) is 3.32. The molecule has 3 heterocycles. The van der Waals surface area contributed by atoms with E-state index in [9.17, 15) is 44.3 Å². The zero-order chi connectivity index (χ0) is 34.5. The molecule has 44 heavy (non-hydrogen) atoms. The molecule has 0 unspecified atom stereocenters. The minimum atomic E-state index is -5.08. The molecule has 246 valence electrons. The maximum absolute atomic E-state index is 12.9. The van der Waals surface area contributed by atoms with Gasteiger partial charge in [0, 0.05) is 37.4 Å². The first-order valence-electron chi connectivity index (χ1n) is 11.7. The zero-order valence-electron chi connectivity index (χ0n) is 22.6. The molecule has 1 aliphatic rings. The number of hydrogen-bond acceptors (Lipinski definition) is 7. The normalized spacial score (nSPS) is 16.3. The first-order chi connectivity index (χ1) is 20.0. The Morgan fingerprint density at radius 3 is 1.57 bits per heavy atom. The van der Waals surface area contributed by atoms with Crippen LogP contribution < -0.4 is 0 Å². The number of aliphatic carboxylic acids is 3. The van der Waals surface area contributed by atoms with E-state index >= 15 is 0 Å². The second-order valence-corrected chi connectivity index (χ2v) is 8.60. The van der Waals surface area contributed by atoms with E-state index < -0.39 is 36.4 Å². The summed E-state index contributed by atoms with van der Waals surface area (Å²) in [7, 11) is 4.17. The number of rotatable bonds is 4. The molecular weight excluding hydrogens is 627 g/mol. The highest BCUT2D eigenvalue weighted by atomic mass is 19.4. The molecule has 1 fully saturated rings. The molecule has 3 N–H and O–H groups in total. The molecule has 2 aromatic rings. The standard InChI is InChI=1S/C18H22N4O.3C2HF3O2/c1-21(2)16-7-11-22(18(23)15-4-3-8-20-13-15)17(16)12-14-5-9-19-10-6-14;3*3-2(4,5)1(6)7/h3-6,8-10,13,16-17H,7,11-12H2,1-2H3;3*(H,6,7)/t16-,17+;;;/m1.../s1. The molecule has 3 rings (SSSR count). The van der Waals surface area contributed by atoms with Crippen molar-refractivity contribution in [1.82, 2.24) is 19.8 Å². The van der Waals surface area contributed by atoms with Gasteiger partial charge in [0.05, 0.1) is 11.6 Å². The number of carbonyl (C=O) groups excluding carboxylic acids is 1. The van der Waals surface area contributed by atoms with Crippen LogP contribution in [-0.2, 0) is 20.8 Å². The van der Waals surface area contributed by atoms with Gasteiger partial charge in [-0.15, -0.1) is 0 Å². The van der Waals surface area contributed by atoms with Crippen LogP contribution >= 0.6 is 0 Å². The number of carboxylic acids is 3. The molecule has 20 heteroatoms. The van der Waals surface area contributed by atoms with Gasteiger partial charge in [-0.1, -0.05) is 0 Å². The van der Waals surface area contributed by atoms with Crippen LogP contribution in [-0.4, -0.2) is 110 Å². The van der Waals surface area contributed by atoms with Crippen molar-refractivity contribution in [3.8, 4) is 0 Å². The second kappa shape index (κ2) is 17.0. The average molecular weight is 652 g/mol. The van der Waals surface area contributed by atoms with Crippen molar-refractivity contribution in [3.05, 3.63) is 60.2 Å². The summed E-state index contributed by atoms with van der Waals surface area (Å²) in [5.74, 6) is -8.20. The number of halogens is 9. The van der Waals surface area contributed by atoms with Crippen molar-refractivity contribution in [2.45, 2.75) is 43.5 Å². The molecule has 11 nitrogen and oxygen atoms in total. The number of carbonyl (C=O) groups is 4. The highest BCUT2D eigenvalue weighted by Gasteiger charge is 2.40. The monoisotopic (exact) mass is 652 g/mol. The van der Waals surface area contributed by atoms with Gasteiger partial charge >= 0.3 is 36.4 Å². The number of likely N-dealkylation sites (tertiary alicyclic amines) is 1. The summed E-state index contributed by atoms with van der Waals surface area (Å²) in [5, 5.41) is 21.4. The third kappa shape index (κ3) is 14.6. The fourth-order valence-corrected chi connectivity index (χ4v) is 3.35. The van der Waals surface area contributed by atoms with E-state index in [-0.39, 0.29) is 11.9 Å². The lowest BCUT2D eigenvalue weighted by atomic mass is 10.00. The van der Waals surface area contributed by atoms with Crippen molar-refractivity contribution < 1.29 is 74.0 Å². The number of carboxylic acid groups (broad SMARTS) is 3. The predicted octanol–water partition coefficient (Wildman–Crippen LogP) is 3.76. The van der Waals surface area contributed by atoms with E-state index in [4.69, 9.17) is 29.7 Å². The number of pyridine rings is 2. The van der Waals surface area contributed by atoms with E-state index in [2.05, 4.69) is 29.0 Å². The number of aromatic nitrogens is 2. The molecule has 1 amide bonds. The van der Waals surface area contributed by atoms with E-state index in [1.807, 2.05) is 41.6 Å². The van der Waals surface area contributed by atoms with Gasteiger partial charge in [0.25, 0.3) is 5.91 Å². The smallest absolute Gasteiger partial charge is 0.475 e. The Morgan fingerprint density at radius 2 is 1.23 bits per heavy atom. The fraction of sp³-hybridized carbons (Fsp3) is 0.417. The number of hydrogen-bond donors (Lipinski definition) is 3. The molecule has 2 aromatic heterocycles. The van der Waals surface area contributed by atoms with Gasteiger partial charge in [-0.3, -0.25) is 14.8 Å². The molecule has 0 bridgehead atoms. The first kappa shape index (κ1) is 39.5. The van der Waals surface area contributed by atoms with E-state index in [1.165, 1.54) is 5.56 Å². The van der Waals surface area contributed by atoms with Crippen LogP contribution in [0, 0.1) is 0 Å². The van der Waals surface area contributed by atoms with Crippen LogP contribution in [0.3, 0.4) is 0 Å². The van der Waals surface area contributed by atoms with Crippen LogP contribution in [0.25, 0.3) is 0 Å². The van der Waals surface area contributed by atoms with Gasteiger partial charge in [-0.05, 0) is 56.8 Å². The Kier molecular flexibility index (Phi) is 15.2. The van der Waals surface area contributed by atoms with Crippen LogP contribution in [0.5, 0.6) is 0 Å². The maximum Gasteiger partial charge on any atom is 0.490 e. The summed E-state index contributed by atoms with van der Waals surface area (Å²) in [6.07, 6.45) is -6.46. The lowest BCUT2D eigenvalue weighted by molar-refractivity contribution is -0.193. The molecule has 2 atom stereocenters. The Balaban J connectivity index is 0.000000721. The second-order valence-electron chi connectivity index (χ2n) is 8.60. The van der Waals surface area contributed by atoms with Gasteiger partial charge < -0.3 is 25.1 Å². The summed E-state index contributed by atoms with van der Waals surface area (Å²) in [4.78, 5) is 51.9. The van der Waals surface area contributed by atoms with E-state index in [0.29, 0.717) is 11.6 Å². The Morgan fingerprint density at radius 1 is 0.795 bits per heavy atom. The van der Waals surface area contributed by atoms with Gasteiger partial charge in [0.1, 0.15) is 0 Å². The fourth-order valence-electron chi connectivity index (χ4n) is 3.35. The van der Waals surface area contributed by atoms with Crippen molar-refractivity contribution in [3.63, 3.8) is 0 Å². The van der Waals surface area contributed by atoms with Crippen LogP contribution in [0.1, 0.15) is 22.3 Å². The van der Waals surface area contributed by atoms with Gasteiger partial charge in [0.2, 0.25) is 0 Å². The number of alkyl halides is 9. The van der Waals surface area contributed by atoms with E-state index in [1.54, 1.807) is 12.4 Å². The minimum Gasteiger partial charge on any atom is -0.475 e. The van der Waals surface area contributed by atoms with Crippen LogP contribution in [0.4, 0.5) is 39.5 Å². The minimum absolute atomic E-state index is 0.0708. The lowest BCUT2D eigenvalue weighted by Gasteiger charge is -2.31. The van der Waals surface area contributed by atoms with Crippen molar-refractivity contribution in [2.75, 3.05) is 20.6 Å². The first-order valence-corrected chi connectivity index (χ1v) is 11.7. The predicted molar refractivity (Wildman–Crippen MR) is 130 cm³/mol. The number of likely N-dealkylation sites (N-methyl/N-ethyl adjacent to an activating group) is 1. The summed E-state index contributed by atoms with van der Waals surface area (Å²) in [6, 6.07) is 8.23. The molecule has 0 aromatic carbocycles. The van der Waals surface area contributed by atoms with Crippen molar-refractivity contribution >= 4 is 23.8 Å². The maximum atomic E-state index is 12.9. The Bertz CT molecular complexity index is 1150. The van der Waals surface area contributed by atoms with Crippen LogP contribution in [0.2, 0.25) is 0 Å².